The second-order valence-electron chi connectivity index (χ2n) is 7.95. The molecule has 4 aromatic rings. The number of hydrogen-bond donors (Lipinski definition) is 1. The van der Waals surface area contributed by atoms with E-state index >= 15 is 0 Å². The minimum Gasteiger partial charge on any atom is -0.325 e. The molecule has 0 aliphatic carbocycles. The highest BCUT2D eigenvalue weighted by molar-refractivity contribution is 7.93. The minimum absolute atomic E-state index is 0.137. The number of fused-ring (bicyclic) bond motifs is 1. The van der Waals surface area contributed by atoms with Gasteiger partial charge >= 0.3 is 0 Å². The highest BCUT2D eigenvalue weighted by Gasteiger charge is 2.30. The van der Waals surface area contributed by atoms with Gasteiger partial charge in [0.25, 0.3) is 10.0 Å². The van der Waals surface area contributed by atoms with Gasteiger partial charge in [0.2, 0.25) is 5.91 Å². The summed E-state index contributed by atoms with van der Waals surface area (Å²) in [5.74, 6) is -0.491. The average Bonchev–Trinajstić information content (AvgIpc) is 2.84. The van der Waals surface area contributed by atoms with E-state index < -0.39 is 22.5 Å². The number of nitrogens with one attached hydrogen (secondary N) is 1. The molecule has 0 fully saturated rings. The number of carbonyl (C=O) groups excluding carboxylic acids is 1. The molecule has 34 heavy (non-hydrogen) atoms. The molecular weight excluding hydrogens is 446 g/mol. The maximum Gasteiger partial charge on any atom is 0.265 e. The van der Waals surface area contributed by atoms with Crippen LogP contribution in [0.3, 0.4) is 0 Å². The van der Waals surface area contributed by atoms with Gasteiger partial charge < -0.3 is 5.32 Å². The fraction of sp³-hybridized carbons (Fsp3) is 0.111. The van der Waals surface area contributed by atoms with Gasteiger partial charge in [0.1, 0.15) is 6.54 Å². The number of rotatable bonds is 6. The fourth-order valence-corrected chi connectivity index (χ4v) is 5.50. The normalized spacial score (nSPS) is 11.1. The van der Waals surface area contributed by atoms with E-state index in [1.807, 2.05) is 44.2 Å². The molecule has 4 aromatic carbocycles. The number of nitrogens with zero attached hydrogens (tertiary/aromatic N) is 2. The Morgan fingerprint density at radius 2 is 1.59 bits per heavy atom. The van der Waals surface area contributed by atoms with E-state index in [0.29, 0.717) is 22.3 Å². The van der Waals surface area contributed by atoms with Crippen molar-refractivity contribution in [3.05, 3.63) is 102 Å². The first-order valence-corrected chi connectivity index (χ1v) is 12.1. The first kappa shape index (κ1) is 23.0. The molecule has 0 aromatic heterocycles. The second-order valence-corrected chi connectivity index (χ2v) is 9.78. The summed E-state index contributed by atoms with van der Waals surface area (Å²) < 4.78 is 29.1. The molecule has 0 atom stereocenters. The molecule has 0 spiro atoms. The van der Waals surface area contributed by atoms with Crippen LogP contribution in [0.5, 0.6) is 0 Å². The van der Waals surface area contributed by atoms with Gasteiger partial charge in [-0.2, -0.15) is 5.26 Å². The highest BCUT2D eigenvalue weighted by Crippen LogP contribution is 2.32. The lowest BCUT2D eigenvalue weighted by atomic mass is 10.1. The van der Waals surface area contributed by atoms with Crippen LogP contribution in [0.2, 0.25) is 0 Å². The Morgan fingerprint density at radius 3 is 2.32 bits per heavy atom. The van der Waals surface area contributed by atoms with E-state index in [4.69, 9.17) is 5.26 Å². The molecule has 7 heteroatoms. The summed E-state index contributed by atoms with van der Waals surface area (Å²) in [6, 6.07) is 26.2. The van der Waals surface area contributed by atoms with Crippen LogP contribution in [0.1, 0.15) is 16.7 Å². The molecule has 0 saturated carbocycles. The van der Waals surface area contributed by atoms with Crippen LogP contribution in [0.4, 0.5) is 11.4 Å². The third-order valence-corrected chi connectivity index (χ3v) is 7.57. The lowest BCUT2D eigenvalue weighted by molar-refractivity contribution is -0.114. The van der Waals surface area contributed by atoms with E-state index in [9.17, 15) is 13.2 Å². The monoisotopic (exact) mass is 469 g/mol. The van der Waals surface area contributed by atoms with E-state index in [0.717, 1.165) is 20.8 Å². The molecule has 1 amide bonds. The number of carbonyl (C=O) groups is 1. The molecule has 0 bridgehead atoms. The molecule has 0 heterocycles. The van der Waals surface area contributed by atoms with Crippen molar-refractivity contribution in [1.29, 1.82) is 5.26 Å². The van der Waals surface area contributed by atoms with Crippen LogP contribution in [0, 0.1) is 25.2 Å². The average molecular weight is 470 g/mol. The number of amides is 1. The zero-order valence-electron chi connectivity index (χ0n) is 18.8. The van der Waals surface area contributed by atoms with Crippen molar-refractivity contribution in [3.8, 4) is 6.07 Å². The molecule has 0 aliphatic rings. The summed E-state index contributed by atoms with van der Waals surface area (Å²) in [4.78, 5) is 13.1. The number of benzene rings is 4. The first-order chi connectivity index (χ1) is 16.3. The molecule has 170 valence electrons. The van der Waals surface area contributed by atoms with Crippen LogP contribution in [-0.2, 0) is 14.8 Å². The van der Waals surface area contributed by atoms with Crippen LogP contribution >= 0.6 is 0 Å². The standard InChI is InChI=1S/C27H23N3O3S/c1-19-7-5-11-25(20(19)2)30(18-27(31)29-23-15-13-21(17-28)14-16-23)34(32,33)26-12-6-9-22-8-3-4-10-24(22)26/h3-16H,18H2,1-2H3,(H,29,31). The summed E-state index contributed by atoms with van der Waals surface area (Å²) in [6.07, 6.45) is 0. The smallest absolute Gasteiger partial charge is 0.265 e. The van der Waals surface area contributed by atoms with E-state index in [2.05, 4.69) is 5.32 Å². The topological polar surface area (TPSA) is 90.3 Å². The lowest BCUT2D eigenvalue weighted by Gasteiger charge is -2.27. The van der Waals surface area contributed by atoms with Gasteiger partial charge in [-0.25, -0.2) is 8.42 Å². The molecule has 0 radical (unpaired) electrons. The first-order valence-electron chi connectivity index (χ1n) is 10.7. The van der Waals surface area contributed by atoms with Crippen molar-refractivity contribution < 1.29 is 13.2 Å². The summed E-state index contributed by atoms with van der Waals surface area (Å²) in [5, 5.41) is 13.1. The zero-order valence-corrected chi connectivity index (χ0v) is 19.6. The van der Waals surface area contributed by atoms with Crippen molar-refractivity contribution in [2.24, 2.45) is 0 Å². The Kier molecular flexibility index (Phi) is 6.35. The van der Waals surface area contributed by atoms with E-state index in [1.54, 1.807) is 60.7 Å². The number of hydrogen-bond acceptors (Lipinski definition) is 4. The van der Waals surface area contributed by atoms with E-state index in [-0.39, 0.29) is 4.90 Å². The zero-order chi connectivity index (χ0) is 24.3. The Balaban J connectivity index is 1.77. The predicted octanol–water partition coefficient (Wildman–Crippen LogP) is 5.16. The maximum absolute atomic E-state index is 14.0. The Morgan fingerprint density at radius 1 is 0.912 bits per heavy atom. The molecule has 0 unspecified atom stereocenters. The van der Waals surface area contributed by atoms with Crippen molar-refractivity contribution in [2.75, 3.05) is 16.2 Å². The van der Waals surface area contributed by atoms with Gasteiger partial charge in [0.05, 0.1) is 22.2 Å². The SMILES string of the molecule is Cc1cccc(N(CC(=O)Nc2ccc(C#N)cc2)S(=O)(=O)c2cccc3ccccc23)c1C. The molecular formula is C27H23N3O3S. The quantitative estimate of drug-likeness (QED) is 0.422. The largest absolute Gasteiger partial charge is 0.325 e. The molecule has 6 nitrogen and oxygen atoms in total. The van der Waals surface area contributed by atoms with Gasteiger partial charge in [-0.1, -0.05) is 48.5 Å². The van der Waals surface area contributed by atoms with Crippen LogP contribution < -0.4 is 9.62 Å². The lowest BCUT2D eigenvalue weighted by Crippen LogP contribution is -2.38. The Hall–Kier alpha value is -4.15. The van der Waals surface area contributed by atoms with Crippen LogP contribution in [0.15, 0.2) is 89.8 Å². The van der Waals surface area contributed by atoms with Crippen LogP contribution in [0.25, 0.3) is 10.8 Å². The van der Waals surface area contributed by atoms with Crippen molar-refractivity contribution in [1.82, 2.24) is 0 Å². The van der Waals surface area contributed by atoms with Gasteiger partial charge in [0, 0.05) is 11.1 Å². The number of anilines is 2. The molecule has 0 saturated heterocycles. The highest BCUT2D eigenvalue weighted by atomic mass is 32.2. The van der Waals surface area contributed by atoms with Gasteiger partial charge in [-0.05, 0) is 66.8 Å². The third kappa shape index (κ3) is 4.49. The maximum atomic E-state index is 14.0. The Labute approximate surface area is 199 Å². The summed E-state index contributed by atoms with van der Waals surface area (Å²) >= 11 is 0. The minimum atomic E-state index is -4.09. The Bertz CT molecular complexity index is 1520. The molecule has 1 N–H and O–H groups in total. The summed E-state index contributed by atoms with van der Waals surface area (Å²) in [7, 11) is -4.09. The van der Waals surface area contributed by atoms with Crippen LogP contribution in [-0.4, -0.2) is 20.9 Å². The summed E-state index contributed by atoms with van der Waals surface area (Å²) in [6.45, 7) is 3.34. The second kappa shape index (κ2) is 9.38. The van der Waals surface area contributed by atoms with Crippen molar-refractivity contribution >= 4 is 38.1 Å². The van der Waals surface area contributed by atoms with Crippen molar-refractivity contribution in [2.45, 2.75) is 18.7 Å². The number of nitriles is 1. The molecule has 4 rings (SSSR count). The van der Waals surface area contributed by atoms with E-state index in [1.165, 1.54) is 0 Å². The summed E-state index contributed by atoms with van der Waals surface area (Å²) in [5.41, 5.74) is 3.09. The number of aryl methyl sites for hydroxylation is 1. The van der Waals surface area contributed by atoms with Gasteiger partial charge in [-0.15, -0.1) is 0 Å². The van der Waals surface area contributed by atoms with Crippen molar-refractivity contribution in [3.63, 3.8) is 0 Å². The van der Waals surface area contributed by atoms with Gasteiger partial charge in [0.15, 0.2) is 0 Å². The fourth-order valence-electron chi connectivity index (χ4n) is 3.80. The third-order valence-electron chi connectivity index (χ3n) is 5.75. The molecule has 0 aliphatic heterocycles. The predicted molar refractivity (Wildman–Crippen MR) is 134 cm³/mol. The van der Waals surface area contributed by atoms with Gasteiger partial charge in [-0.3, -0.25) is 9.10 Å². The number of sulfonamides is 1.